The molecule has 10 nitrogen and oxygen atoms in total. The zero-order valence-electron chi connectivity index (χ0n) is 25.9. The molecule has 0 unspecified atom stereocenters. The lowest BCUT2D eigenvalue weighted by Crippen LogP contribution is -2.40. The quantitative estimate of drug-likeness (QED) is 0.217. The third-order valence-corrected chi connectivity index (χ3v) is 8.36. The smallest absolute Gasteiger partial charge is 0.338 e. The highest BCUT2D eigenvalue weighted by Gasteiger charge is 2.36. The van der Waals surface area contributed by atoms with Gasteiger partial charge >= 0.3 is 11.9 Å². The van der Waals surface area contributed by atoms with Gasteiger partial charge in [0.1, 0.15) is 29.9 Å². The number of carbonyl (C=O) groups excluding carboxylic acids is 1. The molecule has 0 amide bonds. The molecule has 0 fully saturated rings. The van der Waals surface area contributed by atoms with Crippen molar-refractivity contribution in [3.63, 3.8) is 0 Å². The number of carboxylic acid groups (broad SMARTS) is 1. The summed E-state index contributed by atoms with van der Waals surface area (Å²) in [6, 6.07) is 18.2. The SMILES string of the molecule is CCCC1=C(C(=O)OCC)[C@H](c2cc(OC)ccc2OC)n2c(s/c(=C\c3ccc(OCc4cccc(C(=O)O)c4)cc3)c2=O)=N1. The summed E-state index contributed by atoms with van der Waals surface area (Å²) in [6.07, 6.45) is 3.03. The van der Waals surface area contributed by atoms with Crippen molar-refractivity contribution >= 4 is 29.4 Å². The van der Waals surface area contributed by atoms with Gasteiger partial charge in [-0.15, -0.1) is 0 Å². The molecular weight excluding hydrogens is 608 g/mol. The van der Waals surface area contributed by atoms with Crippen molar-refractivity contribution in [3.8, 4) is 17.2 Å². The van der Waals surface area contributed by atoms with Gasteiger partial charge in [-0.2, -0.15) is 0 Å². The molecule has 238 valence electrons. The minimum absolute atomic E-state index is 0.169. The van der Waals surface area contributed by atoms with E-state index < -0.39 is 18.0 Å². The first-order valence-corrected chi connectivity index (χ1v) is 15.6. The van der Waals surface area contributed by atoms with E-state index in [0.29, 0.717) is 49.8 Å². The van der Waals surface area contributed by atoms with Gasteiger partial charge in [0.2, 0.25) is 0 Å². The fraction of sp³-hybridized carbons (Fsp3) is 0.257. The van der Waals surface area contributed by atoms with Crippen LogP contribution in [0.3, 0.4) is 0 Å². The lowest BCUT2D eigenvalue weighted by Gasteiger charge is -2.27. The van der Waals surface area contributed by atoms with Gasteiger partial charge in [0.05, 0.1) is 42.2 Å². The second-order valence-corrected chi connectivity index (χ2v) is 11.4. The minimum Gasteiger partial charge on any atom is -0.497 e. The predicted octanol–water partition coefficient (Wildman–Crippen LogP) is 4.87. The van der Waals surface area contributed by atoms with Crippen molar-refractivity contribution in [1.29, 1.82) is 0 Å². The third kappa shape index (κ3) is 6.74. The Hall–Kier alpha value is -5.16. The highest BCUT2D eigenvalue weighted by Crippen LogP contribution is 2.38. The molecular formula is C35H34N2O8S. The van der Waals surface area contributed by atoms with Crippen LogP contribution >= 0.6 is 11.3 Å². The van der Waals surface area contributed by atoms with E-state index >= 15 is 0 Å². The molecule has 0 aliphatic carbocycles. The maximum absolute atomic E-state index is 14.1. The number of hydrogen-bond donors (Lipinski definition) is 1. The highest BCUT2D eigenvalue weighted by atomic mass is 32.1. The molecule has 46 heavy (non-hydrogen) atoms. The monoisotopic (exact) mass is 642 g/mol. The molecule has 1 aliphatic rings. The second kappa shape index (κ2) is 14.3. The number of rotatable bonds is 12. The first-order chi connectivity index (χ1) is 22.3. The molecule has 0 saturated carbocycles. The summed E-state index contributed by atoms with van der Waals surface area (Å²) in [6.45, 7) is 4.11. The summed E-state index contributed by atoms with van der Waals surface area (Å²) in [5, 5.41) is 9.23. The van der Waals surface area contributed by atoms with Gasteiger partial charge in [0, 0.05) is 5.56 Å². The molecule has 5 rings (SSSR count). The number of esters is 1. The van der Waals surface area contributed by atoms with Crippen molar-refractivity contribution in [1.82, 2.24) is 4.57 Å². The van der Waals surface area contributed by atoms with Crippen LogP contribution in [0.25, 0.3) is 6.08 Å². The number of fused-ring (bicyclic) bond motifs is 1. The maximum Gasteiger partial charge on any atom is 0.338 e. The number of benzene rings is 3. The molecule has 1 aromatic heterocycles. The molecule has 2 heterocycles. The molecule has 1 aliphatic heterocycles. The van der Waals surface area contributed by atoms with Crippen LogP contribution in [-0.4, -0.2) is 42.4 Å². The number of methoxy groups -OCH3 is 2. The summed E-state index contributed by atoms with van der Waals surface area (Å²) in [5.74, 6) is 0.0956. The minimum atomic E-state index is -0.996. The van der Waals surface area contributed by atoms with E-state index in [9.17, 15) is 19.5 Å². The summed E-state index contributed by atoms with van der Waals surface area (Å²) in [4.78, 5) is 44.1. The fourth-order valence-electron chi connectivity index (χ4n) is 5.24. The number of carbonyl (C=O) groups is 2. The van der Waals surface area contributed by atoms with Crippen molar-refractivity contribution < 1.29 is 33.6 Å². The van der Waals surface area contributed by atoms with E-state index in [2.05, 4.69) is 0 Å². The van der Waals surface area contributed by atoms with E-state index in [1.165, 1.54) is 29.1 Å². The molecule has 0 spiro atoms. The average molecular weight is 643 g/mol. The van der Waals surface area contributed by atoms with Crippen molar-refractivity contribution in [2.24, 2.45) is 4.99 Å². The number of aromatic nitrogens is 1. The van der Waals surface area contributed by atoms with Gasteiger partial charge in [-0.05, 0) is 73.0 Å². The molecule has 3 aromatic carbocycles. The third-order valence-electron chi connectivity index (χ3n) is 7.38. The van der Waals surface area contributed by atoms with E-state index in [0.717, 1.165) is 17.5 Å². The van der Waals surface area contributed by atoms with Crippen molar-refractivity contribution in [3.05, 3.63) is 120 Å². The van der Waals surface area contributed by atoms with Gasteiger partial charge in [0.15, 0.2) is 4.80 Å². The van der Waals surface area contributed by atoms with Crippen LogP contribution < -0.4 is 29.1 Å². The summed E-state index contributed by atoms with van der Waals surface area (Å²) in [5.41, 5.74) is 2.83. The Kier molecular flexibility index (Phi) is 10.0. The van der Waals surface area contributed by atoms with E-state index in [1.807, 2.05) is 19.1 Å². The number of carboxylic acids is 1. The normalized spacial score (nSPS) is 14.3. The van der Waals surface area contributed by atoms with Crippen LogP contribution in [0.4, 0.5) is 0 Å². The van der Waals surface area contributed by atoms with E-state index in [4.69, 9.17) is 23.9 Å². The lowest BCUT2D eigenvalue weighted by atomic mass is 9.93. The van der Waals surface area contributed by atoms with Gasteiger partial charge in [0.25, 0.3) is 5.56 Å². The zero-order chi connectivity index (χ0) is 32.8. The Labute approximate surface area is 269 Å². The van der Waals surface area contributed by atoms with Crippen LogP contribution in [0, 0.1) is 0 Å². The van der Waals surface area contributed by atoms with Gasteiger partial charge in [-0.25, -0.2) is 14.6 Å². The van der Waals surface area contributed by atoms with Gasteiger partial charge in [-0.3, -0.25) is 9.36 Å². The number of ether oxygens (including phenoxy) is 4. The summed E-state index contributed by atoms with van der Waals surface area (Å²) in [7, 11) is 3.09. The standard InChI is InChI=1S/C35H34N2O8S/c1-5-8-27-30(34(41)44-6-2)31(26-19-25(42-3)15-16-28(26)43-4)37-32(38)29(46-35(37)36-27)18-21-11-13-24(14-12-21)45-20-22-9-7-10-23(17-22)33(39)40/h7,9-19,31H,5-6,8,20H2,1-4H3,(H,39,40)/b29-18-/t31-/m0/s1. The van der Waals surface area contributed by atoms with Crippen LogP contribution in [-0.2, 0) is 16.1 Å². The lowest BCUT2D eigenvalue weighted by molar-refractivity contribution is -0.139. The number of aromatic carboxylic acids is 1. The fourth-order valence-corrected chi connectivity index (χ4v) is 6.26. The molecule has 0 saturated heterocycles. The Bertz CT molecular complexity index is 1970. The van der Waals surface area contributed by atoms with E-state index in [1.54, 1.807) is 68.6 Å². The number of allylic oxidation sites excluding steroid dienone is 1. The number of thiazole rings is 1. The van der Waals surface area contributed by atoms with Crippen molar-refractivity contribution in [2.45, 2.75) is 39.3 Å². The summed E-state index contributed by atoms with van der Waals surface area (Å²) < 4.78 is 24.5. The Balaban J connectivity index is 1.55. The van der Waals surface area contributed by atoms with Crippen molar-refractivity contribution in [2.75, 3.05) is 20.8 Å². The zero-order valence-corrected chi connectivity index (χ0v) is 26.8. The van der Waals surface area contributed by atoms with Gasteiger partial charge in [-0.1, -0.05) is 48.9 Å². The molecule has 1 N–H and O–H groups in total. The molecule has 0 radical (unpaired) electrons. The van der Waals surface area contributed by atoms with E-state index in [-0.39, 0.29) is 24.3 Å². The van der Waals surface area contributed by atoms with Crippen LogP contribution in [0.1, 0.15) is 59.8 Å². The first kappa shape index (κ1) is 32.2. The Morgan fingerprint density at radius 2 is 1.76 bits per heavy atom. The molecule has 4 aromatic rings. The highest BCUT2D eigenvalue weighted by molar-refractivity contribution is 7.07. The predicted molar refractivity (Wildman–Crippen MR) is 173 cm³/mol. The molecule has 0 bridgehead atoms. The van der Waals surface area contributed by atoms with Crippen LogP contribution in [0.15, 0.2) is 87.8 Å². The Morgan fingerprint density at radius 3 is 2.43 bits per heavy atom. The molecule has 1 atom stereocenters. The summed E-state index contributed by atoms with van der Waals surface area (Å²) >= 11 is 1.24. The first-order valence-electron chi connectivity index (χ1n) is 14.8. The largest absolute Gasteiger partial charge is 0.497 e. The Morgan fingerprint density at radius 1 is 1.00 bits per heavy atom. The second-order valence-electron chi connectivity index (χ2n) is 10.4. The van der Waals surface area contributed by atoms with Gasteiger partial charge < -0.3 is 24.1 Å². The number of hydrogen-bond acceptors (Lipinski definition) is 9. The number of nitrogens with zero attached hydrogens (tertiary/aromatic N) is 2. The maximum atomic E-state index is 14.1. The van der Waals surface area contributed by atoms with Crippen LogP contribution in [0.2, 0.25) is 0 Å². The molecule has 11 heteroatoms. The van der Waals surface area contributed by atoms with Crippen LogP contribution in [0.5, 0.6) is 17.2 Å². The topological polar surface area (TPSA) is 126 Å². The average Bonchev–Trinajstić information content (AvgIpc) is 3.37.